The maximum atomic E-state index is 12.4. The van der Waals surface area contributed by atoms with Crippen LogP contribution in [0.1, 0.15) is 30.5 Å². The average Bonchev–Trinajstić information content (AvgIpc) is 3.50. The number of pyridine rings is 1. The lowest BCUT2D eigenvalue weighted by atomic mass is 10.1. The van der Waals surface area contributed by atoms with Gasteiger partial charge in [-0.1, -0.05) is 12.1 Å². The molecule has 1 aliphatic rings. The smallest absolute Gasteiger partial charge is 0.406 e. The van der Waals surface area contributed by atoms with E-state index in [9.17, 15) is 18.3 Å². The molecule has 0 radical (unpaired) electrons. The molecule has 0 spiro atoms. The van der Waals surface area contributed by atoms with E-state index in [-0.39, 0.29) is 24.3 Å². The van der Waals surface area contributed by atoms with Gasteiger partial charge in [0.25, 0.3) is 0 Å². The maximum absolute atomic E-state index is 12.4. The van der Waals surface area contributed by atoms with Crippen LogP contribution >= 0.6 is 11.3 Å². The minimum atomic E-state index is -4.74. The number of anilines is 3. The summed E-state index contributed by atoms with van der Waals surface area (Å²) in [6.07, 6.45) is -0.441. The first-order valence-corrected chi connectivity index (χ1v) is 12.9. The summed E-state index contributed by atoms with van der Waals surface area (Å²) < 4.78 is 42.1. The highest BCUT2D eigenvalue weighted by Gasteiger charge is 2.31. The lowest BCUT2D eigenvalue weighted by Crippen LogP contribution is -2.19. The Morgan fingerprint density at radius 1 is 1.13 bits per heavy atom. The topological polar surface area (TPSA) is 131 Å². The number of rotatable bonds is 8. The predicted octanol–water partition coefficient (Wildman–Crippen LogP) is 5.12. The third-order valence-corrected chi connectivity index (χ3v) is 7.43. The molecule has 200 valence electrons. The molecule has 3 heterocycles. The van der Waals surface area contributed by atoms with Crippen molar-refractivity contribution < 1.29 is 23.0 Å². The molecule has 0 bridgehead atoms. The van der Waals surface area contributed by atoms with E-state index < -0.39 is 6.36 Å². The van der Waals surface area contributed by atoms with Crippen LogP contribution in [0.5, 0.6) is 5.75 Å². The normalized spacial score (nSPS) is 17.6. The number of nitrogens with two attached hydrogens (primary N) is 1. The van der Waals surface area contributed by atoms with Crippen molar-refractivity contribution in [1.29, 1.82) is 0 Å². The van der Waals surface area contributed by atoms with Crippen LogP contribution in [0, 0.1) is 12.8 Å². The van der Waals surface area contributed by atoms with Gasteiger partial charge in [-0.2, -0.15) is 4.98 Å². The van der Waals surface area contributed by atoms with Crippen LogP contribution < -0.4 is 21.1 Å². The number of nitrogens with one attached hydrogen (secondary N) is 2. The highest BCUT2D eigenvalue weighted by atomic mass is 32.1. The van der Waals surface area contributed by atoms with Crippen LogP contribution in [0.4, 0.5) is 30.8 Å². The molecular formula is C25H26F3N7O2S. The molecule has 0 amide bonds. The Morgan fingerprint density at radius 2 is 1.92 bits per heavy atom. The molecule has 2 unspecified atom stereocenters. The number of thiazole rings is 1. The monoisotopic (exact) mass is 545 g/mol. The van der Waals surface area contributed by atoms with Gasteiger partial charge in [-0.05, 0) is 55.9 Å². The molecule has 38 heavy (non-hydrogen) atoms. The summed E-state index contributed by atoms with van der Waals surface area (Å²) in [5.74, 6) is 1.29. The summed E-state index contributed by atoms with van der Waals surface area (Å²) in [5.41, 5.74) is 8.85. The van der Waals surface area contributed by atoms with Gasteiger partial charge < -0.3 is 26.2 Å². The van der Waals surface area contributed by atoms with E-state index >= 15 is 0 Å². The summed E-state index contributed by atoms with van der Waals surface area (Å²) in [6, 6.07) is 7.61. The Hall–Kier alpha value is -3.71. The number of aryl methyl sites for hydroxylation is 1. The van der Waals surface area contributed by atoms with E-state index in [0.29, 0.717) is 40.3 Å². The molecule has 5 N–H and O–H groups in total. The number of aliphatic hydroxyl groups excluding tert-OH is 1. The van der Waals surface area contributed by atoms with Crippen molar-refractivity contribution in [3.8, 4) is 16.3 Å². The molecular weight excluding hydrogens is 519 g/mol. The minimum absolute atomic E-state index is 0.135. The molecule has 1 saturated carbocycles. The SMILES string of the molecule is Cc1nc(NCc2ccc(OC(F)(F)F)cc2)nc(NC2CCC(CO)C2)c1-c1nc2c(N)nccc2s1. The number of ether oxygens (including phenoxy) is 1. The average molecular weight is 546 g/mol. The van der Waals surface area contributed by atoms with E-state index in [0.717, 1.165) is 35.1 Å². The van der Waals surface area contributed by atoms with Crippen molar-refractivity contribution in [2.24, 2.45) is 5.92 Å². The third kappa shape index (κ3) is 5.89. The Balaban J connectivity index is 1.42. The number of nitrogen functional groups attached to an aromatic ring is 1. The first kappa shape index (κ1) is 25.9. The van der Waals surface area contributed by atoms with Crippen molar-refractivity contribution >= 4 is 39.1 Å². The molecule has 5 rings (SSSR count). The zero-order valence-corrected chi connectivity index (χ0v) is 21.2. The number of nitrogens with zero attached hydrogens (tertiary/aromatic N) is 4. The largest absolute Gasteiger partial charge is 0.573 e. The first-order valence-electron chi connectivity index (χ1n) is 12.0. The molecule has 0 saturated heterocycles. The Kier molecular flexibility index (Phi) is 7.21. The van der Waals surface area contributed by atoms with Gasteiger partial charge in [0.05, 0.1) is 16.0 Å². The number of aliphatic hydroxyl groups is 1. The van der Waals surface area contributed by atoms with Crippen molar-refractivity contribution in [3.63, 3.8) is 0 Å². The van der Waals surface area contributed by atoms with Crippen molar-refractivity contribution in [2.45, 2.75) is 45.1 Å². The zero-order chi connectivity index (χ0) is 26.9. The van der Waals surface area contributed by atoms with Gasteiger partial charge in [0.1, 0.15) is 22.1 Å². The molecule has 1 fully saturated rings. The molecule has 1 aliphatic carbocycles. The molecule has 4 aromatic rings. The number of fused-ring (bicyclic) bond motifs is 1. The number of hydrogen-bond acceptors (Lipinski definition) is 10. The number of alkyl halides is 3. The number of aromatic nitrogens is 4. The Bertz CT molecular complexity index is 1430. The number of halogens is 3. The van der Waals surface area contributed by atoms with Gasteiger partial charge in [-0.25, -0.2) is 15.0 Å². The number of hydrogen-bond donors (Lipinski definition) is 4. The van der Waals surface area contributed by atoms with E-state index in [1.807, 2.05) is 13.0 Å². The molecule has 9 nitrogen and oxygen atoms in total. The second-order valence-electron chi connectivity index (χ2n) is 9.17. The van der Waals surface area contributed by atoms with Crippen LogP contribution in [-0.2, 0) is 6.54 Å². The predicted molar refractivity (Wildman–Crippen MR) is 140 cm³/mol. The van der Waals surface area contributed by atoms with Crippen LogP contribution in [0.2, 0.25) is 0 Å². The summed E-state index contributed by atoms with van der Waals surface area (Å²) in [6.45, 7) is 2.32. The second kappa shape index (κ2) is 10.6. The van der Waals surface area contributed by atoms with Crippen LogP contribution in [0.25, 0.3) is 20.8 Å². The highest BCUT2D eigenvalue weighted by molar-refractivity contribution is 7.21. The third-order valence-electron chi connectivity index (χ3n) is 6.39. The Labute approximate surface area is 220 Å². The van der Waals surface area contributed by atoms with E-state index in [4.69, 9.17) is 15.7 Å². The Morgan fingerprint density at radius 3 is 2.61 bits per heavy atom. The van der Waals surface area contributed by atoms with Crippen LogP contribution in [0.15, 0.2) is 36.5 Å². The van der Waals surface area contributed by atoms with Crippen molar-refractivity contribution in [2.75, 3.05) is 23.0 Å². The molecule has 0 aliphatic heterocycles. The lowest BCUT2D eigenvalue weighted by Gasteiger charge is -2.18. The van der Waals surface area contributed by atoms with Gasteiger partial charge in [-0.15, -0.1) is 24.5 Å². The number of benzene rings is 1. The van der Waals surface area contributed by atoms with Gasteiger partial charge in [0.2, 0.25) is 5.95 Å². The zero-order valence-electron chi connectivity index (χ0n) is 20.4. The summed E-state index contributed by atoms with van der Waals surface area (Å²) in [7, 11) is 0. The van der Waals surface area contributed by atoms with Gasteiger partial charge in [-0.3, -0.25) is 0 Å². The standard InChI is InChI=1S/C25H26F3N7O2S/c1-13-19(23-34-20-18(38-23)8-9-30-21(20)29)22(33-16-5-2-15(10-16)12-36)35-24(32-13)31-11-14-3-6-17(7-4-14)37-25(26,27)28/h3-4,6-9,15-16,36H,2,5,10-12H2,1H3,(H2,29,30)(H2,31,32,33,35). The molecule has 13 heteroatoms. The van der Waals surface area contributed by atoms with Crippen molar-refractivity contribution in [1.82, 2.24) is 19.9 Å². The fraction of sp³-hybridized carbons (Fsp3) is 0.360. The summed E-state index contributed by atoms with van der Waals surface area (Å²) in [5, 5.41) is 17.0. The van der Waals surface area contributed by atoms with E-state index in [2.05, 4.69) is 25.3 Å². The summed E-state index contributed by atoms with van der Waals surface area (Å²) in [4.78, 5) is 18.2. The fourth-order valence-corrected chi connectivity index (χ4v) is 5.62. The maximum Gasteiger partial charge on any atom is 0.573 e. The lowest BCUT2D eigenvalue weighted by molar-refractivity contribution is -0.274. The quantitative estimate of drug-likeness (QED) is 0.238. The van der Waals surface area contributed by atoms with Gasteiger partial charge in [0, 0.05) is 25.4 Å². The van der Waals surface area contributed by atoms with Crippen LogP contribution in [-0.4, -0.2) is 44.1 Å². The van der Waals surface area contributed by atoms with Gasteiger partial charge >= 0.3 is 6.36 Å². The molecule has 2 atom stereocenters. The first-order chi connectivity index (χ1) is 18.2. The fourth-order valence-electron chi connectivity index (χ4n) is 4.55. The molecule has 1 aromatic carbocycles. The molecule has 3 aromatic heterocycles. The highest BCUT2D eigenvalue weighted by Crippen LogP contribution is 2.38. The van der Waals surface area contributed by atoms with E-state index in [1.165, 1.54) is 23.5 Å². The van der Waals surface area contributed by atoms with Crippen molar-refractivity contribution in [3.05, 3.63) is 47.8 Å². The summed E-state index contributed by atoms with van der Waals surface area (Å²) >= 11 is 1.47. The minimum Gasteiger partial charge on any atom is -0.406 e. The second-order valence-corrected chi connectivity index (χ2v) is 10.2. The van der Waals surface area contributed by atoms with Crippen LogP contribution in [0.3, 0.4) is 0 Å². The van der Waals surface area contributed by atoms with Gasteiger partial charge in [0.15, 0.2) is 5.82 Å². The van der Waals surface area contributed by atoms with E-state index in [1.54, 1.807) is 18.3 Å².